The van der Waals surface area contributed by atoms with Gasteiger partial charge >= 0.3 is 0 Å². The Balaban J connectivity index is 2.31. The summed E-state index contributed by atoms with van der Waals surface area (Å²) in [5.41, 5.74) is -0.742. The van der Waals surface area contributed by atoms with Crippen LogP contribution in [0.5, 0.6) is 0 Å². The van der Waals surface area contributed by atoms with Crippen LogP contribution in [0, 0.1) is 27.7 Å². The largest absolute Gasteiger partial charge is 0.374 e. The number of halogens is 2. The summed E-state index contributed by atoms with van der Waals surface area (Å²) in [5.74, 6) is -1.96. The van der Waals surface area contributed by atoms with E-state index in [0.29, 0.717) is 0 Å². The third kappa shape index (κ3) is 3.05. The summed E-state index contributed by atoms with van der Waals surface area (Å²) in [6.07, 6.45) is 5.01. The molecular weight excluding hydrogens is 266 g/mol. The van der Waals surface area contributed by atoms with Gasteiger partial charge in [-0.05, 0) is 24.8 Å². The Labute approximate surface area is 116 Å². The summed E-state index contributed by atoms with van der Waals surface area (Å²) >= 11 is 0. The van der Waals surface area contributed by atoms with Crippen molar-refractivity contribution >= 4 is 11.4 Å². The molecule has 1 aromatic rings. The number of rotatable bonds is 3. The predicted molar refractivity (Wildman–Crippen MR) is 72.7 cm³/mol. The maximum Gasteiger partial charge on any atom is 0.295 e. The second kappa shape index (κ2) is 6.15. The van der Waals surface area contributed by atoms with E-state index >= 15 is 0 Å². The van der Waals surface area contributed by atoms with Crippen LogP contribution in [0.25, 0.3) is 0 Å². The van der Waals surface area contributed by atoms with Gasteiger partial charge in [0, 0.05) is 12.1 Å². The first-order valence-corrected chi connectivity index (χ1v) is 6.89. The highest BCUT2D eigenvalue weighted by Gasteiger charge is 2.27. The number of nitro benzene ring substituents is 1. The lowest BCUT2D eigenvalue weighted by Crippen LogP contribution is -2.27. The predicted octanol–water partition coefficient (Wildman–Crippen LogP) is 4.25. The van der Waals surface area contributed by atoms with Crippen LogP contribution in [0.2, 0.25) is 0 Å². The Morgan fingerprint density at radius 1 is 1.25 bits per heavy atom. The van der Waals surface area contributed by atoms with Gasteiger partial charge in [-0.25, -0.2) is 8.78 Å². The minimum absolute atomic E-state index is 0.0625. The van der Waals surface area contributed by atoms with E-state index in [2.05, 4.69) is 5.32 Å². The van der Waals surface area contributed by atoms with E-state index in [1.807, 2.05) is 6.92 Å². The highest BCUT2D eigenvalue weighted by Crippen LogP contribution is 2.33. The quantitative estimate of drug-likeness (QED) is 0.512. The van der Waals surface area contributed by atoms with Crippen molar-refractivity contribution in [2.24, 2.45) is 5.92 Å². The van der Waals surface area contributed by atoms with E-state index in [1.54, 1.807) is 0 Å². The Hall–Kier alpha value is -1.72. The van der Waals surface area contributed by atoms with Gasteiger partial charge in [-0.15, -0.1) is 0 Å². The van der Waals surface area contributed by atoms with Gasteiger partial charge in [-0.2, -0.15) is 0 Å². The zero-order valence-corrected chi connectivity index (χ0v) is 11.4. The Bertz CT molecular complexity index is 508. The molecule has 1 aromatic carbocycles. The Morgan fingerprint density at radius 3 is 2.65 bits per heavy atom. The minimum atomic E-state index is -1.17. The number of nitrogens with one attached hydrogen (secondary N) is 1. The van der Waals surface area contributed by atoms with Crippen molar-refractivity contribution in [3.8, 4) is 0 Å². The van der Waals surface area contributed by atoms with Crippen LogP contribution < -0.4 is 5.32 Å². The van der Waals surface area contributed by atoms with Crippen LogP contribution in [-0.4, -0.2) is 11.0 Å². The summed E-state index contributed by atoms with van der Waals surface area (Å²) in [6, 6.07) is 1.73. The zero-order chi connectivity index (χ0) is 14.7. The fraction of sp³-hybridized carbons (Fsp3) is 0.571. The standard InChI is InChI=1S/C14H18F2N2O2/c1-9-5-3-2-4-6-11(9)17-14-12(18(19)20)8-7-10(15)13(14)16/h7-9,11,17H,2-6H2,1H3. The van der Waals surface area contributed by atoms with E-state index in [-0.39, 0.29) is 17.6 Å². The number of hydrogen-bond donors (Lipinski definition) is 1. The third-order valence-corrected chi connectivity index (χ3v) is 3.96. The van der Waals surface area contributed by atoms with Gasteiger partial charge in [0.2, 0.25) is 0 Å². The van der Waals surface area contributed by atoms with Crippen molar-refractivity contribution in [3.63, 3.8) is 0 Å². The van der Waals surface area contributed by atoms with Crippen molar-refractivity contribution in [2.45, 2.75) is 45.1 Å². The summed E-state index contributed by atoms with van der Waals surface area (Å²) in [7, 11) is 0. The zero-order valence-electron chi connectivity index (χ0n) is 11.4. The van der Waals surface area contributed by atoms with Crippen LogP contribution in [-0.2, 0) is 0 Å². The lowest BCUT2D eigenvalue weighted by Gasteiger charge is -2.24. The minimum Gasteiger partial charge on any atom is -0.374 e. The van der Waals surface area contributed by atoms with E-state index in [1.165, 1.54) is 0 Å². The number of nitrogens with zero attached hydrogens (tertiary/aromatic N) is 1. The molecular formula is C14H18F2N2O2. The molecule has 20 heavy (non-hydrogen) atoms. The van der Waals surface area contributed by atoms with Crippen LogP contribution in [0.4, 0.5) is 20.2 Å². The number of anilines is 1. The molecule has 0 bridgehead atoms. The van der Waals surface area contributed by atoms with Gasteiger partial charge in [0.1, 0.15) is 0 Å². The molecule has 2 rings (SSSR count). The van der Waals surface area contributed by atoms with Gasteiger partial charge in [-0.3, -0.25) is 10.1 Å². The fourth-order valence-electron chi connectivity index (χ4n) is 2.72. The summed E-state index contributed by atoms with van der Waals surface area (Å²) < 4.78 is 27.2. The SMILES string of the molecule is CC1CCCCCC1Nc1c([N+](=O)[O-])ccc(F)c1F. The van der Waals surface area contributed by atoms with E-state index < -0.39 is 22.2 Å². The lowest BCUT2D eigenvalue weighted by atomic mass is 9.96. The average Bonchev–Trinajstić information content (AvgIpc) is 2.60. The molecule has 0 aromatic heterocycles. The third-order valence-electron chi connectivity index (χ3n) is 3.96. The molecule has 0 heterocycles. The van der Waals surface area contributed by atoms with E-state index in [0.717, 1.165) is 44.2 Å². The maximum absolute atomic E-state index is 13.9. The van der Waals surface area contributed by atoms with Gasteiger partial charge in [0.05, 0.1) is 4.92 Å². The number of nitro groups is 1. The molecule has 1 aliphatic rings. The van der Waals surface area contributed by atoms with Crippen molar-refractivity contribution in [1.29, 1.82) is 0 Å². The molecule has 2 atom stereocenters. The first kappa shape index (κ1) is 14.7. The molecule has 0 saturated heterocycles. The first-order valence-electron chi connectivity index (χ1n) is 6.89. The summed E-state index contributed by atoms with van der Waals surface area (Å²) in [6.45, 7) is 2.03. The normalized spacial score (nSPS) is 23.1. The molecule has 1 aliphatic carbocycles. The van der Waals surface area contributed by atoms with E-state index in [4.69, 9.17) is 0 Å². The molecule has 110 valence electrons. The van der Waals surface area contributed by atoms with Gasteiger partial charge in [0.15, 0.2) is 17.3 Å². The van der Waals surface area contributed by atoms with Crippen LogP contribution in [0.15, 0.2) is 12.1 Å². The number of hydrogen-bond acceptors (Lipinski definition) is 3. The first-order chi connectivity index (χ1) is 9.50. The van der Waals surface area contributed by atoms with Crippen LogP contribution in [0.1, 0.15) is 39.0 Å². The van der Waals surface area contributed by atoms with E-state index in [9.17, 15) is 18.9 Å². The van der Waals surface area contributed by atoms with Crippen LogP contribution in [0.3, 0.4) is 0 Å². The highest BCUT2D eigenvalue weighted by molar-refractivity contribution is 5.63. The summed E-state index contributed by atoms with van der Waals surface area (Å²) in [5, 5.41) is 13.8. The molecule has 4 nitrogen and oxygen atoms in total. The molecule has 0 spiro atoms. The molecule has 1 N–H and O–H groups in total. The van der Waals surface area contributed by atoms with Gasteiger partial charge in [0.25, 0.3) is 5.69 Å². The highest BCUT2D eigenvalue weighted by atomic mass is 19.2. The average molecular weight is 284 g/mol. The van der Waals surface area contributed by atoms with Crippen molar-refractivity contribution in [1.82, 2.24) is 0 Å². The maximum atomic E-state index is 13.9. The number of benzene rings is 1. The topological polar surface area (TPSA) is 55.2 Å². The molecule has 0 amide bonds. The Morgan fingerprint density at radius 2 is 1.95 bits per heavy atom. The molecule has 1 fully saturated rings. The lowest BCUT2D eigenvalue weighted by molar-refractivity contribution is -0.384. The molecule has 1 saturated carbocycles. The second-order valence-corrected chi connectivity index (χ2v) is 5.38. The molecule has 6 heteroatoms. The van der Waals surface area contributed by atoms with Crippen molar-refractivity contribution in [2.75, 3.05) is 5.32 Å². The monoisotopic (exact) mass is 284 g/mol. The van der Waals surface area contributed by atoms with Crippen LogP contribution >= 0.6 is 0 Å². The molecule has 0 radical (unpaired) electrons. The van der Waals surface area contributed by atoms with Gasteiger partial charge in [-0.1, -0.05) is 26.2 Å². The summed E-state index contributed by atoms with van der Waals surface area (Å²) in [4.78, 5) is 10.3. The second-order valence-electron chi connectivity index (χ2n) is 5.38. The molecule has 2 unspecified atom stereocenters. The van der Waals surface area contributed by atoms with Gasteiger partial charge < -0.3 is 5.32 Å². The van der Waals surface area contributed by atoms with Crippen molar-refractivity contribution in [3.05, 3.63) is 33.9 Å². The fourth-order valence-corrected chi connectivity index (χ4v) is 2.72. The Kier molecular flexibility index (Phi) is 4.52. The molecule has 0 aliphatic heterocycles. The smallest absolute Gasteiger partial charge is 0.295 e. The van der Waals surface area contributed by atoms with Crippen molar-refractivity contribution < 1.29 is 13.7 Å².